The summed E-state index contributed by atoms with van der Waals surface area (Å²) in [5.41, 5.74) is 3.32. The van der Waals surface area contributed by atoms with Gasteiger partial charge in [-0.05, 0) is 43.2 Å². The van der Waals surface area contributed by atoms with Gasteiger partial charge in [-0.15, -0.1) is 0 Å². The zero-order valence-electron chi connectivity index (χ0n) is 16.5. The number of amides is 1. The fourth-order valence-corrected chi connectivity index (χ4v) is 3.35. The zero-order valence-corrected chi connectivity index (χ0v) is 16.5. The number of aryl methyl sites for hydroxylation is 2. The third kappa shape index (κ3) is 4.54. The topological polar surface area (TPSA) is 64.2 Å². The Balaban J connectivity index is 1.45. The maximum atomic E-state index is 12.9. The molecule has 0 bridgehead atoms. The van der Waals surface area contributed by atoms with Crippen LogP contribution in [0.2, 0.25) is 0 Å². The lowest BCUT2D eigenvalue weighted by molar-refractivity contribution is 0.0757. The van der Waals surface area contributed by atoms with Gasteiger partial charge in [0.05, 0.1) is 6.54 Å². The number of oxazole rings is 1. The van der Waals surface area contributed by atoms with E-state index in [1.165, 1.54) is 5.56 Å². The van der Waals surface area contributed by atoms with Crippen LogP contribution in [0.25, 0.3) is 11.1 Å². The molecule has 0 spiro atoms. The normalized spacial score (nSPS) is 11.1. The van der Waals surface area contributed by atoms with Crippen LogP contribution in [-0.4, -0.2) is 38.7 Å². The molecule has 2 aromatic heterocycles. The number of aromatic nitrogens is 3. The Morgan fingerprint density at radius 2 is 1.97 bits per heavy atom. The Morgan fingerprint density at radius 3 is 2.72 bits per heavy atom. The van der Waals surface area contributed by atoms with E-state index in [4.69, 9.17) is 4.42 Å². The Labute approximate surface area is 169 Å². The maximum Gasteiger partial charge on any atom is 0.253 e. The van der Waals surface area contributed by atoms with Crippen molar-refractivity contribution in [2.45, 2.75) is 26.3 Å². The van der Waals surface area contributed by atoms with Crippen LogP contribution in [0.4, 0.5) is 0 Å². The number of rotatable bonds is 8. The van der Waals surface area contributed by atoms with Crippen molar-refractivity contribution in [3.05, 3.63) is 84.0 Å². The van der Waals surface area contributed by atoms with E-state index in [0.717, 1.165) is 18.4 Å². The van der Waals surface area contributed by atoms with E-state index < -0.39 is 0 Å². The summed E-state index contributed by atoms with van der Waals surface area (Å²) in [6.07, 6.45) is 5.24. The van der Waals surface area contributed by atoms with Crippen molar-refractivity contribution < 1.29 is 9.21 Å². The van der Waals surface area contributed by atoms with Crippen LogP contribution in [0.1, 0.15) is 28.7 Å². The van der Waals surface area contributed by atoms with E-state index >= 15 is 0 Å². The van der Waals surface area contributed by atoms with Crippen LogP contribution in [0, 0.1) is 0 Å². The van der Waals surface area contributed by atoms with Gasteiger partial charge in [0.25, 0.3) is 5.91 Å². The van der Waals surface area contributed by atoms with Gasteiger partial charge in [-0.3, -0.25) is 9.48 Å². The van der Waals surface area contributed by atoms with Gasteiger partial charge in [0.15, 0.2) is 11.5 Å². The molecular formula is C23H24N4O2. The minimum atomic E-state index is -0.00427. The molecule has 0 aliphatic rings. The van der Waals surface area contributed by atoms with E-state index in [-0.39, 0.29) is 5.91 Å². The predicted molar refractivity (Wildman–Crippen MR) is 112 cm³/mol. The molecule has 0 aliphatic heterocycles. The highest BCUT2D eigenvalue weighted by molar-refractivity contribution is 5.97. The molecule has 0 atom stereocenters. The Kier molecular flexibility index (Phi) is 5.70. The number of benzene rings is 2. The van der Waals surface area contributed by atoms with Crippen LogP contribution < -0.4 is 0 Å². The summed E-state index contributed by atoms with van der Waals surface area (Å²) < 4.78 is 7.69. The van der Waals surface area contributed by atoms with Gasteiger partial charge < -0.3 is 9.32 Å². The van der Waals surface area contributed by atoms with Crippen LogP contribution in [-0.2, 0) is 19.4 Å². The number of nitrogens with zero attached hydrogens (tertiary/aromatic N) is 4. The van der Waals surface area contributed by atoms with Crippen molar-refractivity contribution in [2.75, 3.05) is 13.1 Å². The first-order valence-corrected chi connectivity index (χ1v) is 9.93. The summed E-state index contributed by atoms with van der Waals surface area (Å²) in [7, 11) is 0. The van der Waals surface area contributed by atoms with E-state index in [1.807, 2.05) is 65.2 Å². The molecule has 148 valence electrons. The maximum absolute atomic E-state index is 12.9. The summed E-state index contributed by atoms with van der Waals surface area (Å²) in [5, 5.41) is 4.19. The average Bonchev–Trinajstić information content (AvgIpc) is 3.42. The molecule has 6 heteroatoms. The van der Waals surface area contributed by atoms with E-state index in [0.29, 0.717) is 36.7 Å². The summed E-state index contributed by atoms with van der Waals surface area (Å²) in [6, 6.07) is 17.6. The first-order valence-electron chi connectivity index (χ1n) is 9.93. The van der Waals surface area contributed by atoms with E-state index in [9.17, 15) is 4.79 Å². The van der Waals surface area contributed by atoms with Gasteiger partial charge in [0, 0.05) is 37.5 Å². The minimum absolute atomic E-state index is 0.00427. The van der Waals surface area contributed by atoms with Crippen molar-refractivity contribution >= 4 is 17.0 Å². The van der Waals surface area contributed by atoms with Crippen LogP contribution in [0.15, 0.2) is 71.4 Å². The number of hydrogen-bond donors (Lipinski definition) is 0. The van der Waals surface area contributed by atoms with Gasteiger partial charge in [-0.1, -0.05) is 30.3 Å². The molecule has 0 saturated carbocycles. The van der Waals surface area contributed by atoms with Crippen molar-refractivity contribution in [3.63, 3.8) is 0 Å². The first kappa shape index (κ1) is 18.9. The summed E-state index contributed by atoms with van der Waals surface area (Å²) in [4.78, 5) is 19.3. The van der Waals surface area contributed by atoms with E-state index in [1.54, 1.807) is 6.20 Å². The molecule has 2 aromatic carbocycles. The summed E-state index contributed by atoms with van der Waals surface area (Å²) in [5.74, 6) is 0.690. The molecule has 1 amide bonds. The second-order valence-electron chi connectivity index (χ2n) is 6.93. The molecule has 0 saturated heterocycles. The molecule has 6 nitrogen and oxygen atoms in total. The van der Waals surface area contributed by atoms with Gasteiger partial charge >= 0.3 is 0 Å². The Hall–Kier alpha value is -3.41. The molecule has 4 rings (SSSR count). The van der Waals surface area contributed by atoms with E-state index in [2.05, 4.69) is 22.2 Å². The monoisotopic (exact) mass is 388 g/mol. The quantitative estimate of drug-likeness (QED) is 0.458. The molecule has 0 aliphatic carbocycles. The highest BCUT2D eigenvalue weighted by atomic mass is 16.3. The highest BCUT2D eigenvalue weighted by Gasteiger charge is 2.16. The van der Waals surface area contributed by atoms with Crippen LogP contribution in [0.5, 0.6) is 0 Å². The fourth-order valence-electron chi connectivity index (χ4n) is 3.35. The predicted octanol–water partition coefficient (Wildman–Crippen LogP) is 3.97. The van der Waals surface area contributed by atoms with Crippen molar-refractivity contribution in [1.29, 1.82) is 0 Å². The first-order chi connectivity index (χ1) is 14.2. The third-order valence-electron chi connectivity index (χ3n) is 4.98. The molecule has 0 fully saturated rings. The summed E-state index contributed by atoms with van der Waals surface area (Å²) >= 11 is 0. The van der Waals surface area contributed by atoms with Gasteiger partial charge in [-0.2, -0.15) is 5.10 Å². The lowest BCUT2D eigenvalue weighted by atomic mass is 10.1. The second kappa shape index (κ2) is 8.73. The molecule has 4 aromatic rings. The molecule has 0 N–H and O–H groups in total. The number of carbonyl (C=O) groups is 1. The largest absolute Gasteiger partial charge is 0.441 e. The highest BCUT2D eigenvalue weighted by Crippen LogP contribution is 2.19. The van der Waals surface area contributed by atoms with Gasteiger partial charge in [-0.25, -0.2) is 4.98 Å². The fraction of sp³-hybridized carbons (Fsp3) is 0.261. The molecule has 2 heterocycles. The second-order valence-corrected chi connectivity index (χ2v) is 6.93. The van der Waals surface area contributed by atoms with Crippen LogP contribution >= 0.6 is 0 Å². The number of likely N-dealkylation sites (N-methyl/N-ethyl adjacent to an activating group) is 1. The number of carbonyl (C=O) groups excluding carboxylic acids is 1. The number of hydrogen-bond acceptors (Lipinski definition) is 4. The lowest BCUT2D eigenvalue weighted by Crippen LogP contribution is -2.33. The van der Waals surface area contributed by atoms with Crippen LogP contribution in [0.3, 0.4) is 0 Å². The average molecular weight is 388 g/mol. The summed E-state index contributed by atoms with van der Waals surface area (Å²) in [6.45, 7) is 3.90. The van der Waals surface area contributed by atoms with Gasteiger partial charge in [0.1, 0.15) is 5.52 Å². The standard InChI is InChI=1S/C23H24N4O2/c1-2-26(15-16-27-14-6-13-24-27)23(28)19-10-11-21-20(17-19)25-22(29-21)12-9-18-7-4-3-5-8-18/h3-8,10-11,13-14,17H,2,9,12,15-16H2,1H3. The van der Waals surface area contributed by atoms with Crippen molar-refractivity contribution in [1.82, 2.24) is 19.7 Å². The molecule has 29 heavy (non-hydrogen) atoms. The minimum Gasteiger partial charge on any atom is -0.441 e. The Bertz CT molecular complexity index is 1070. The molecule has 0 radical (unpaired) electrons. The van der Waals surface area contributed by atoms with Gasteiger partial charge in [0.2, 0.25) is 0 Å². The number of fused-ring (bicyclic) bond motifs is 1. The van der Waals surface area contributed by atoms with Crippen molar-refractivity contribution in [3.8, 4) is 0 Å². The third-order valence-corrected chi connectivity index (χ3v) is 4.98. The zero-order chi connectivity index (χ0) is 20.1. The lowest BCUT2D eigenvalue weighted by Gasteiger charge is -2.20. The SMILES string of the molecule is CCN(CCn1cccn1)C(=O)c1ccc2oc(CCc3ccccc3)nc2c1. The molecule has 0 unspecified atom stereocenters. The van der Waals surface area contributed by atoms with Crippen molar-refractivity contribution in [2.24, 2.45) is 0 Å². The molecular weight excluding hydrogens is 364 g/mol. The Morgan fingerprint density at radius 1 is 1.10 bits per heavy atom. The smallest absolute Gasteiger partial charge is 0.253 e.